The number of hydrogen-bond acceptors (Lipinski definition) is 14. The van der Waals surface area contributed by atoms with E-state index in [9.17, 15) is 40.5 Å². The Morgan fingerprint density at radius 3 is 1.44 bits per heavy atom. The number of esters is 1. The Balaban J connectivity index is 1.70. The summed E-state index contributed by atoms with van der Waals surface area (Å²) in [6, 6.07) is 0. The van der Waals surface area contributed by atoms with Crippen LogP contribution in [0.15, 0.2) is 72.9 Å². The second kappa shape index (κ2) is 43.8. The van der Waals surface area contributed by atoms with Crippen LogP contribution in [0.3, 0.4) is 0 Å². The van der Waals surface area contributed by atoms with E-state index in [1.54, 1.807) is 0 Å². The molecule has 0 bridgehead atoms. The highest BCUT2D eigenvalue weighted by Crippen LogP contribution is 2.26. The molecule has 0 spiro atoms. The lowest BCUT2D eigenvalue weighted by atomic mass is 9.98. The van der Waals surface area contributed by atoms with Crippen LogP contribution in [0.25, 0.3) is 0 Å². The lowest BCUT2D eigenvalue weighted by molar-refractivity contribution is -0.332. The molecule has 7 N–H and O–H groups in total. The van der Waals surface area contributed by atoms with Crippen LogP contribution in [0, 0.1) is 0 Å². The average molecular weight is 1010 g/mol. The van der Waals surface area contributed by atoms with Crippen molar-refractivity contribution >= 4 is 5.97 Å². The normalized spacial score (nSPS) is 25.9. The number of carbonyl (C=O) groups excluding carboxylic acids is 1. The number of aliphatic hydroxyl groups is 7. The largest absolute Gasteiger partial charge is 0.457 e. The van der Waals surface area contributed by atoms with Gasteiger partial charge in [-0.25, -0.2) is 0 Å². The highest BCUT2D eigenvalue weighted by Gasteiger charge is 2.47. The fourth-order valence-electron chi connectivity index (χ4n) is 8.29. The standard InChI is InChI=1S/C57H98O14/c1-3-5-7-9-11-13-15-16-17-18-19-20-21-22-23-24-25-26-27-28-29-31-33-35-37-39-41-66-43-46(69-49(59)40-38-36-34-32-30-14-12-10-8-6-4-2)44-67-56-55(65)53(63)51(61)48(71-56)45-68-57-54(64)52(62)50(60)47(42-58)70-57/h5,7,11,13,16-17,19-20,22-23,25-26,46-48,50-58,60-65H,3-4,6,8-10,12,14-15,18,21,24,27-45H2,1-2H3/b7-5-,13-11-,17-16-,20-19-,23-22-,26-25-. The van der Waals surface area contributed by atoms with Gasteiger partial charge in [0.05, 0.1) is 26.4 Å². The molecular formula is C57H98O14. The first-order valence-corrected chi connectivity index (χ1v) is 27.5. The summed E-state index contributed by atoms with van der Waals surface area (Å²) >= 11 is 0. The van der Waals surface area contributed by atoms with E-state index in [-0.39, 0.29) is 25.6 Å². The number of aliphatic hydroxyl groups excluding tert-OH is 7. The Bertz CT molecular complexity index is 1450. The van der Waals surface area contributed by atoms with Crippen LogP contribution in [0.2, 0.25) is 0 Å². The monoisotopic (exact) mass is 1010 g/mol. The summed E-state index contributed by atoms with van der Waals surface area (Å²) in [7, 11) is 0. The minimum Gasteiger partial charge on any atom is -0.457 e. The second-order valence-electron chi connectivity index (χ2n) is 19.0. The molecule has 0 radical (unpaired) electrons. The van der Waals surface area contributed by atoms with Crippen molar-refractivity contribution < 1.29 is 69.0 Å². The number of rotatable bonds is 43. The quantitative estimate of drug-likeness (QED) is 0.0173. The molecule has 14 nitrogen and oxygen atoms in total. The third-order valence-corrected chi connectivity index (χ3v) is 12.7. The van der Waals surface area contributed by atoms with E-state index in [0.717, 1.165) is 89.9 Å². The second-order valence-corrected chi connectivity index (χ2v) is 19.0. The predicted molar refractivity (Wildman–Crippen MR) is 279 cm³/mol. The summed E-state index contributed by atoms with van der Waals surface area (Å²) in [4.78, 5) is 13.0. The molecule has 2 aliphatic rings. The zero-order valence-corrected chi connectivity index (χ0v) is 43.7. The smallest absolute Gasteiger partial charge is 0.306 e. The Morgan fingerprint density at radius 1 is 0.479 bits per heavy atom. The molecule has 0 aromatic carbocycles. The summed E-state index contributed by atoms with van der Waals surface area (Å²) < 4.78 is 34.3. The summed E-state index contributed by atoms with van der Waals surface area (Å²) in [5.41, 5.74) is 0. The Morgan fingerprint density at radius 2 is 0.915 bits per heavy atom. The predicted octanol–water partition coefficient (Wildman–Crippen LogP) is 9.08. The first-order chi connectivity index (χ1) is 34.6. The van der Waals surface area contributed by atoms with Gasteiger partial charge in [0, 0.05) is 13.0 Å². The van der Waals surface area contributed by atoms with Gasteiger partial charge in [0.25, 0.3) is 0 Å². The molecule has 0 amide bonds. The van der Waals surface area contributed by atoms with Crippen molar-refractivity contribution in [2.24, 2.45) is 0 Å². The fraction of sp³-hybridized carbons (Fsp3) is 0.772. The van der Waals surface area contributed by atoms with Crippen molar-refractivity contribution in [1.82, 2.24) is 0 Å². The van der Waals surface area contributed by atoms with Crippen LogP contribution >= 0.6 is 0 Å². The van der Waals surface area contributed by atoms with E-state index < -0.39 is 80.7 Å². The summed E-state index contributed by atoms with van der Waals surface area (Å²) in [5, 5.41) is 72.2. The third kappa shape index (κ3) is 31.0. The lowest BCUT2D eigenvalue weighted by Crippen LogP contribution is -2.61. The highest BCUT2D eigenvalue weighted by atomic mass is 16.7. The van der Waals surface area contributed by atoms with Gasteiger partial charge in [-0.2, -0.15) is 0 Å². The van der Waals surface area contributed by atoms with Crippen molar-refractivity contribution in [2.75, 3.05) is 33.0 Å². The van der Waals surface area contributed by atoms with Gasteiger partial charge < -0.3 is 64.2 Å². The van der Waals surface area contributed by atoms with Crippen LogP contribution in [0.5, 0.6) is 0 Å². The van der Waals surface area contributed by atoms with Crippen LogP contribution < -0.4 is 0 Å². The molecular weight excluding hydrogens is 909 g/mol. The van der Waals surface area contributed by atoms with Crippen LogP contribution in [0.4, 0.5) is 0 Å². The maximum absolute atomic E-state index is 13.0. The summed E-state index contributed by atoms with van der Waals surface area (Å²) in [6.45, 7) is 3.53. The van der Waals surface area contributed by atoms with E-state index in [2.05, 4.69) is 86.8 Å². The first-order valence-electron chi connectivity index (χ1n) is 27.5. The molecule has 14 heteroatoms. The van der Waals surface area contributed by atoms with Crippen LogP contribution in [-0.2, 0) is 33.2 Å². The van der Waals surface area contributed by atoms with Crippen molar-refractivity contribution in [3.63, 3.8) is 0 Å². The molecule has 2 rings (SSSR count). The highest BCUT2D eigenvalue weighted by molar-refractivity contribution is 5.69. The zero-order chi connectivity index (χ0) is 51.6. The fourth-order valence-corrected chi connectivity index (χ4v) is 8.29. The molecule has 2 aliphatic heterocycles. The number of ether oxygens (including phenoxy) is 6. The number of allylic oxidation sites excluding steroid dienone is 12. The van der Waals surface area contributed by atoms with Crippen molar-refractivity contribution in [1.29, 1.82) is 0 Å². The maximum Gasteiger partial charge on any atom is 0.306 e. The van der Waals surface area contributed by atoms with Crippen LogP contribution in [-0.4, -0.2) is 142 Å². The lowest BCUT2D eigenvalue weighted by Gasteiger charge is -2.42. The third-order valence-electron chi connectivity index (χ3n) is 12.7. The van der Waals surface area contributed by atoms with Crippen molar-refractivity contribution in [3.05, 3.63) is 72.9 Å². The van der Waals surface area contributed by atoms with E-state index in [1.165, 1.54) is 64.2 Å². The number of unbranched alkanes of at least 4 members (excludes halogenated alkanes) is 17. The van der Waals surface area contributed by atoms with E-state index in [0.29, 0.717) is 13.0 Å². The zero-order valence-electron chi connectivity index (χ0n) is 43.7. The van der Waals surface area contributed by atoms with E-state index in [4.69, 9.17) is 28.4 Å². The molecule has 0 aromatic rings. The Kier molecular flexibility index (Phi) is 39.8. The number of hydrogen-bond donors (Lipinski definition) is 7. The van der Waals surface area contributed by atoms with E-state index in [1.807, 2.05) is 0 Å². The van der Waals surface area contributed by atoms with Gasteiger partial charge in [-0.15, -0.1) is 0 Å². The van der Waals surface area contributed by atoms with Gasteiger partial charge in [0.1, 0.15) is 54.9 Å². The molecule has 410 valence electrons. The van der Waals surface area contributed by atoms with Crippen LogP contribution in [0.1, 0.15) is 181 Å². The molecule has 0 aromatic heterocycles. The van der Waals surface area contributed by atoms with Crippen molar-refractivity contribution in [3.8, 4) is 0 Å². The summed E-state index contributed by atoms with van der Waals surface area (Å²) in [6.07, 6.45) is 38.3. The molecule has 71 heavy (non-hydrogen) atoms. The number of carbonyl (C=O) groups is 1. The van der Waals surface area contributed by atoms with Gasteiger partial charge in [-0.3, -0.25) is 4.79 Å². The molecule has 11 atom stereocenters. The van der Waals surface area contributed by atoms with Gasteiger partial charge in [0.15, 0.2) is 12.6 Å². The SMILES string of the molecule is CC/C=C\C/C=C\C/C=C\C/C=C\C/C=C\C/C=C\CCCCCCCCCOCC(COC1OC(COC2OC(CO)C(O)C(O)C2O)C(O)C(O)C1O)OC(=O)CCCCCCCCCCCCC. The Hall–Kier alpha value is -2.57. The molecule has 0 aliphatic carbocycles. The summed E-state index contributed by atoms with van der Waals surface area (Å²) in [5.74, 6) is -0.384. The minimum absolute atomic E-state index is 0.0518. The Labute approximate surface area is 427 Å². The molecule has 0 saturated carbocycles. The van der Waals surface area contributed by atoms with Crippen molar-refractivity contribution in [2.45, 2.75) is 248 Å². The van der Waals surface area contributed by atoms with E-state index >= 15 is 0 Å². The average Bonchev–Trinajstić information content (AvgIpc) is 3.37. The first kappa shape index (κ1) is 64.5. The maximum atomic E-state index is 13.0. The molecule has 2 heterocycles. The molecule has 2 fully saturated rings. The van der Waals surface area contributed by atoms with Gasteiger partial charge in [-0.1, -0.05) is 183 Å². The topological polar surface area (TPSA) is 214 Å². The van der Waals surface area contributed by atoms with Gasteiger partial charge in [0.2, 0.25) is 0 Å². The van der Waals surface area contributed by atoms with Gasteiger partial charge in [-0.05, 0) is 64.2 Å². The van der Waals surface area contributed by atoms with Gasteiger partial charge >= 0.3 is 5.97 Å². The molecule has 11 unspecified atom stereocenters. The minimum atomic E-state index is -1.71. The molecule has 2 saturated heterocycles.